The lowest BCUT2D eigenvalue weighted by Gasteiger charge is -2.55. The lowest BCUT2D eigenvalue weighted by atomic mass is 9.68. The first-order valence-corrected chi connectivity index (χ1v) is 7.19. The highest BCUT2D eigenvalue weighted by Gasteiger charge is 2.50. The molecule has 2 atom stereocenters. The number of thiocarbonyl (C=S) groups is 1. The molecule has 1 aliphatic heterocycles. The van der Waals surface area contributed by atoms with Crippen LogP contribution in [0.5, 0.6) is 0 Å². The van der Waals surface area contributed by atoms with Gasteiger partial charge in [0.05, 0.1) is 18.1 Å². The van der Waals surface area contributed by atoms with E-state index in [0.29, 0.717) is 0 Å². The maximum atomic E-state index is 11.6. The largest absolute Gasteiger partial charge is 0.468 e. The molecule has 0 saturated carbocycles. The van der Waals surface area contributed by atoms with Crippen LogP contribution in [0.4, 0.5) is 0 Å². The number of methoxy groups -OCH3 is 1. The van der Waals surface area contributed by atoms with Gasteiger partial charge in [0.2, 0.25) is 0 Å². The molecule has 1 aromatic rings. The minimum Gasteiger partial charge on any atom is -0.468 e. The summed E-state index contributed by atoms with van der Waals surface area (Å²) in [5, 5.41) is 0. The molecular formula is C16H21NO2S. The molecule has 0 aliphatic carbocycles. The zero-order chi connectivity index (χ0) is 14.9. The van der Waals surface area contributed by atoms with Crippen LogP contribution < -0.4 is 0 Å². The molecule has 0 spiro atoms. The first-order valence-electron chi connectivity index (χ1n) is 6.78. The summed E-state index contributed by atoms with van der Waals surface area (Å²) in [6.45, 7) is 6.79. The molecule has 1 aliphatic rings. The number of rotatable bonds is 3. The van der Waals surface area contributed by atoms with Crippen molar-refractivity contribution in [1.82, 2.24) is 4.90 Å². The Morgan fingerprint density at radius 2 is 1.90 bits per heavy atom. The van der Waals surface area contributed by atoms with Crippen LogP contribution in [0.1, 0.15) is 32.4 Å². The van der Waals surface area contributed by atoms with Crippen LogP contribution in [0.25, 0.3) is 0 Å². The van der Waals surface area contributed by atoms with Crippen molar-refractivity contribution in [2.75, 3.05) is 13.7 Å². The summed E-state index contributed by atoms with van der Waals surface area (Å²) < 4.78 is 4.77. The molecule has 2 rings (SSSR count). The fraction of sp³-hybridized carbons (Fsp3) is 0.500. The van der Waals surface area contributed by atoms with E-state index in [4.69, 9.17) is 17.0 Å². The van der Waals surface area contributed by atoms with E-state index in [0.717, 1.165) is 4.99 Å². The molecule has 3 nitrogen and oxygen atoms in total. The van der Waals surface area contributed by atoms with E-state index in [2.05, 4.69) is 32.9 Å². The number of hydrogen-bond donors (Lipinski definition) is 0. The van der Waals surface area contributed by atoms with Gasteiger partial charge >= 0.3 is 5.97 Å². The summed E-state index contributed by atoms with van der Waals surface area (Å²) in [7, 11) is 1.41. The monoisotopic (exact) mass is 291 g/mol. The van der Waals surface area contributed by atoms with E-state index < -0.39 is 0 Å². The first-order chi connectivity index (χ1) is 9.36. The predicted octanol–water partition coefficient (Wildman–Crippen LogP) is 3.21. The quantitative estimate of drug-likeness (QED) is 0.632. The molecule has 0 bridgehead atoms. The molecule has 4 heteroatoms. The van der Waals surface area contributed by atoms with Crippen molar-refractivity contribution in [3.63, 3.8) is 0 Å². The Labute approximate surface area is 125 Å². The average molecular weight is 291 g/mol. The minimum absolute atomic E-state index is 0.0736. The average Bonchev–Trinajstić information content (AvgIpc) is 2.40. The summed E-state index contributed by atoms with van der Waals surface area (Å²) in [5.74, 6) is 0.0187. The third-order valence-corrected chi connectivity index (χ3v) is 4.29. The zero-order valence-corrected chi connectivity index (χ0v) is 13.2. The number of likely N-dealkylation sites (tertiary alicyclic amines) is 1. The van der Waals surface area contributed by atoms with Crippen LogP contribution in [0.15, 0.2) is 30.3 Å². The molecule has 0 aromatic heterocycles. The fourth-order valence-electron chi connectivity index (χ4n) is 2.80. The lowest BCUT2D eigenvalue weighted by molar-refractivity contribution is -0.142. The highest BCUT2D eigenvalue weighted by molar-refractivity contribution is 7.80. The number of nitrogens with zero attached hydrogens (tertiary/aromatic N) is 1. The van der Waals surface area contributed by atoms with Gasteiger partial charge in [-0.3, -0.25) is 4.79 Å². The maximum Gasteiger partial charge on any atom is 0.325 e. The second-order valence-corrected chi connectivity index (χ2v) is 6.66. The van der Waals surface area contributed by atoms with Crippen molar-refractivity contribution >= 4 is 23.2 Å². The van der Waals surface area contributed by atoms with Crippen molar-refractivity contribution in [2.24, 2.45) is 11.3 Å². The number of carbonyl (C=O) groups is 1. The molecule has 0 N–H and O–H groups in total. The molecule has 20 heavy (non-hydrogen) atoms. The van der Waals surface area contributed by atoms with Gasteiger partial charge in [-0.2, -0.15) is 0 Å². The Balaban J connectivity index is 2.29. The van der Waals surface area contributed by atoms with Gasteiger partial charge < -0.3 is 9.64 Å². The van der Waals surface area contributed by atoms with Crippen LogP contribution in [0.2, 0.25) is 0 Å². The van der Waals surface area contributed by atoms with E-state index >= 15 is 0 Å². The molecule has 108 valence electrons. The molecule has 1 saturated heterocycles. The van der Waals surface area contributed by atoms with Gasteiger partial charge in [0, 0.05) is 5.92 Å². The molecule has 0 radical (unpaired) electrons. The van der Waals surface area contributed by atoms with E-state index in [9.17, 15) is 4.79 Å². The van der Waals surface area contributed by atoms with Gasteiger partial charge in [-0.05, 0) is 11.0 Å². The van der Waals surface area contributed by atoms with E-state index in [-0.39, 0.29) is 29.9 Å². The smallest absolute Gasteiger partial charge is 0.325 e. The summed E-state index contributed by atoms with van der Waals surface area (Å²) >= 11 is 5.54. The minimum atomic E-state index is -0.249. The van der Waals surface area contributed by atoms with Crippen molar-refractivity contribution in [3.05, 3.63) is 35.9 Å². The van der Waals surface area contributed by atoms with Gasteiger partial charge in [0.25, 0.3) is 0 Å². The Bertz CT molecular complexity index is 507. The topological polar surface area (TPSA) is 29.5 Å². The van der Waals surface area contributed by atoms with Crippen LogP contribution in [0, 0.1) is 11.3 Å². The number of hydrogen-bond acceptors (Lipinski definition) is 3. The van der Waals surface area contributed by atoms with Crippen LogP contribution >= 0.6 is 12.2 Å². The Kier molecular flexibility index (Phi) is 4.14. The number of carbonyl (C=O) groups excluding carboxylic acids is 1. The lowest BCUT2D eigenvalue weighted by Crippen LogP contribution is -2.59. The van der Waals surface area contributed by atoms with Crippen LogP contribution in [-0.4, -0.2) is 29.5 Å². The van der Waals surface area contributed by atoms with E-state index in [1.807, 2.05) is 23.1 Å². The van der Waals surface area contributed by atoms with Crippen molar-refractivity contribution in [2.45, 2.75) is 26.8 Å². The Hall–Kier alpha value is -1.42. The standard InChI is InChI=1S/C16H21NO2S/c1-16(2,3)13-14(11-8-6-5-7-9-11)17(15(13)20)10-12(18)19-4/h5-9,13-14H,10H2,1-4H3/t13-,14-/m0/s1. The van der Waals surface area contributed by atoms with Crippen LogP contribution in [-0.2, 0) is 9.53 Å². The Morgan fingerprint density at radius 3 is 2.40 bits per heavy atom. The predicted molar refractivity (Wildman–Crippen MR) is 83.4 cm³/mol. The second kappa shape index (κ2) is 5.52. The SMILES string of the molecule is COC(=O)CN1C(=S)[C@@H](C(C)(C)C)[C@@H]1c1ccccc1. The molecule has 1 aromatic carbocycles. The summed E-state index contributed by atoms with van der Waals surface area (Å²) in [6.07, 6.45) is 0. The van der Waals surface area contributed by atoms with E-state index in [1.54, 1.807) is 0 Å². The van der Waals surface area contributed by atoms with Gasteiger partial charge in [-0.15, -0.1) is 0 Å². The summed E-state index contributed by atoms with van der Waals surface area (Å²) in [4.78, 5) is 14.4. The molecule has 0 amide bonds. The molecule has 1 heterocycles. The van der Waals surface area contributed by atoms with Crippen molar-refractivity contribution in [3.8, 4) is 0 Å². The van der Waals surface area contributed by atoms with Crippen molar-refractivity contribution in [1.29, 1.82) is 0 Å². The number of esters is 1. The highest BCUT2D eigenvalue weighted by Crippen LogP contribution is 2.49. The van der Waals surface area contributed by atoms with Gasteiger partial charge in [0.1, 0.15) is 6.54 Å². The number of ether oxygens (including phenoxy) is 1. The zero-order valence-electron chi connectivity index (χ0n) is 12.4. The molecule has 1 fully saturated rings. The maximum absolute atomic E-state index is 11.6. The summed E-state index contributed by atoms with van der Waals surface area (Å²) in [6, 6.07) is 10.4. The normalized spacial score (nSPS) is 22.4. The van der Waals surface area contributed by atoms with Gasteiger partial charge in [-0.25, -0.2) is 0 Å². The van der Waals surface area contributed by atoms with Gasteiger partial charge in [0.15, 0.2) is 0 Å². The van der Waals surface area contributed by atoms with Gasteiger partial charge in [-0.1, -0.05) is 63.3 Å². The molecular weight excluding hydrogens is 270 g/mol. The molecule has 0 unspecified atom stereocenters. The number of benzene rings is 1. The van der Waals surface area contributed by atoms with Crippen molar-refractivity contribution < 1.29 is 9.53 Å². The van der Waals surface area contributed by atoms with E-state index in [1.165, 1.54) is 12.7 Å². The third kappa shape index (κ3) is 2.70. The second-order valence-electron chi connectivity index (χ2n) is 6.24. The van der Waals surface area contributed by atoms with Crippen LogP contribution in [0.3, 0.4) is 0 Å². The first kappa shape index (κ1) is 15.0. The summed E-state index contributed by atoms with van der Waals surface area (Å²) in [5.41, 5.74) is 1.27. The fourth-order valence-corrected chi connectivity index (χ4v) is 3.46. The Morgan fingerprint density at radius 1 is 1.30 bits per heavy atom. The third-order valence-electron chi connectivity index (χ3n) is 3.80. The highest BCUT2D eigenvalue weighted by atomic mass is 32.1.